The van der Waals surface area contributed by atoms with Gasteiger partial charge in [0.2, 0.25) is 11.8 Å². The molecule has 9 rings (SSSR count). The van der Waals surface area contributed by atoms with Crippen LogP contribution in [-0.4, -0.2) is 94.6 Å². The molecule has 57 heavy (non-hydrogen) atoms. The van der Waals surface area contributed by atoms with E-state index in [-0.39, 0.29) is 53.5 Å². The van der Waals surface area contributed by atoms with Gasteiger partial charge >= 0.3 is 0 Å². The summed E-state index contributed by atoms with van der Waals surface area (Å²) in [5.74, 6) is 4.67. The van der Waals surface area contributed by atoms with Gasteiger partial charge in [-0.3, -0.25) is 39.1 Å². The van der Waals surface area contributed by atoms with E-state index in [2.05, 4.69) is 54.7 Å². The first-order chi connectivity index (χ1) is 27.1. The predicted molar refractivity (Wildman–Crippen MR) is 204 cm³/mol. The fraction of sp³-hybridized carbons (Fsp3) is 0.409. The monoisotopic (exact) mass is 768 g/mol. The van der Waals surface area contributed by atoms with E-state index >= 15 is 0 Å². The lowest BCUT2D eigenvalue weighted by molar-refractivity contribution is -0.199. The number of carbonyl (C=O) groups excluding carboxylic acids is 5. The summed E-state index contributed by atoms with van der Waals surface area (Å²) < 4.78 is 20.6. The van der Waals surface area contributed by atoms with Crippen LogP contribution < -0.4 is 15.0 Å². The lowest BCUT2D eigenvalue weighted by Crippen LogP contribution is -2.74. The van der Waals surface area contributed by atoms with E-state index < -0.39 is 46.3 Å². The number of nitrogens with one attached hydrogen (secondary N) is 1. The molecule has 0 bridgehead atoms. The third-order valence-corrected chi connectivity index (χ3v) is 12.8. The van der Waals surface area contributed by atoms with Gasteiger partial charge in [-0.2, -0.15) is 5.26 Å². The topological polar surface area (TPSA) is 143 Å². The number of fused-ring (bicyclic) bond motifs is 2. The molecule has 1 saturated carbocycles. The van der Waals surface area contributed by atoms with Crippen LogP contribution in [0.1, 0.15) is 88.3 Å². The Morgan fingerprint density at radius 2 is 1.56 bits per heavy atom. The highest BCUT2D eigenvalue weighted by atomic mass is 19.1. The van der Waals surface area contributed by atoms with Gasteiger partial charge < -0.3 is 14.5 Å². The summed E-state index contributed by atoms with van der Waals surface area (Å²) in [6, 6.07) is 16.4. The van der Waals surface area contributed by atoms with Crippen LogP contribution in [0.25, 0.3) is 0 Å². The summed E-state index contributed by atoms with van der Waals surface area (Å²) in [7, 11) is 0. The molecule has 5 aliphatic heterocycles. The van der Waals surface area contributed by atoms with Crippen molar-refractivity contribution in [2.45, 2.75) is 71.3 Å². The number of carbonyl (C=O) groups is 5. The Bertz CT molecular complexity index is 2400. The Balaban J connectivity index is 0.783. The summed E-state index contributed by atoms with van der Waals surface area (Å²) in [5, 5.41) is 11.3. The van der Waals surface area contributed by atoms with Gasteiger partial charge in [0.25, 0.3) is 17.7 Å². The Hall–Kier alpha value is -6.05. The van der Waals surface area contributed by atoms with Crippen molar-refractivity contribution in [2.75, 3.05) is 31.1 Å². The minimum Gasteiger partial charge on any atom is -0.489 e. The number of rotatable bonds is 6. The number of piperidine rings is 1. The minimum absolute atomic E-state index is 0.0168. The average molecular weight is 769 g/mol. The van der Waals surface area contributed by atoms with Gasteiger partial charge in [-0.25, -0.2) is 4.39 Å². The number of nitrogens with zero attached hydrogens (tertiary/aromatic N) is 5. The van der Waals surface area contributed by atoms with Gasteiger partial charge in [0.1, 0.15) is 29.8 Å². The van der Waals surface area contributed by atoms with Gasteiger partial charge in [-0.1, -0.05) is 39.5 Å². The lowest BCUT2D eigenvalue weighted by atomic mass is 9.49. The van der Waals surface area contributed by atoms with Crippen LogP contribution >= 0.6 is 0 Å². The van der Waals surface area contributed by atoms with Crippen molar-refractivity contribution in [3.05, 3.63) is 93.8 Å². The molecule has 1 N–H and O–H groups in total. The molecule has 1 unspecified atom stereocenters. The first-order valence-corrected chi connectivity index (χ1v) is 19.3. The Morgan fingerprint density at radius 1 is 0.842 bits per heavy atom. The largest absolute Gasteiger partial charge is 0.489 e. The molecule has 3 saturated heterocycles. The summed E-state index contributed by atoms with van der Waals surface area (Å²) in [6.45, 7) is 12.0. The number of nitriles is 1. The molecule has 0 radical (unpaired) electrons. The number of amides is 5. The summed E-state index contributed by atoms with van der Waals surface area (Å²) in [4.78, 5) is 71.6. The molecule has 13 heteroatoms. The molecular formula is C44H41FN6O6. The van der Waals surface area contributed by atoms with Gasteiger partial charge in [0.05, 0.1) is 16.7 Å². The second-order valence-electron chi connectivity index (χ2n) is 17.3. The molecule has 0 spiro atoms. The fourth-order valence-corrected chi connectivity index (χ4v) is 10.3. The minimum atomic E-state index is -0.989. The zero-order chi connectivity index (χ0) is 40.1. The number of hydrogen-bond acceptors (Lipinski definition) is 9. The van der Waals surface area contributed by atoms with E-state index in [4.69, 9.17) is 10.00 Å². The molecular weight excluding hydrogens is 728 g/mol. The lowest BCUT2D eigenvalue weighted by Gasteiger charge is -2.65. The van der Waals surface area contributed by atoms with Gasteiger partial charge in [0.15, 0.2) is 0 Å². The fourth-order valence-electron chi connectivity index (χ4n) is 10.3. The Labute approximate surface area is 329 Å². The van der Waals surface area contributed by atoms with Crippen LogP contribution in [0.4, 0.5) is 10.1 Å². The van der Waals surface area contributed by atoms with Gasteiger partial charge in [-0.05, 0) is 60.5 Å². The highest BCUT2D eigenvalue weighted by molar-refractivity contribution is 6.23. The zero-order valence-electron chi connectivity index (χ0n) is 32.1. The quantitative estimate of drug-likeness (QED) is 0.290. The summed E-state index contributed by atoms with van der Waals surface area (Å²) in [5.41, 5.74) is 3.01. The molecule has 4 fully saturated rings. The van der Waals surface area contributed by atoms with Crippen LogP contribution in [0.3, 0.4) is 0 Å². The number of likely N-dealkylation sites (tertiary alicyclic amines) is 1. The number of ether oxygens (including phenoxy) is 1. The number of anilines is 1. The highest BCUT2D eigenvalue weighted by Gasteiger charge is 2.67. The van der Waals surface area contributed by atoms with Crippen LogP contribution in [0.2, 0.25) is 0 Å². The third kappa shape index (κ3) is 5.78. The molecule has 0 aromatic heterocycles. The zero-order valence-corrected chi connectivity index (χ0v) is 32.1. The number of benzene rings is 3. The van der Waals surface area contributed by atoms with E-state index in [1.807, 2.05) is 35.2 Å². The molecule has 5 heterocycles. The van der Waals surface area contributed by atoms with Crippen LogP contribution in [0.5, 0.6) is 5.75 Å². The molecule has 6 aliphatic rings. The maximum Gasteiger partial charge on any atom is 0.262 e. The Kier molecular flexibility index (Phi) is 8.34. The van der Waals surface area contributed by atoms with E-state index in [0.717, 1.165) is 47.9 Å². The molecule has 5 amide bonds. The molecule has 3 aromatic carbocycles. The smallest absolute Gasteiger partial charge is 0.262 e. The first-order valence-electron chi connectivity index (χ1n) is 19.3. The third-order valence-electron chi connectivity index (χ3n) is 12.8. The van der Waals surface area contributed by atoms with Gasteiger partial charge in [-0.15, -0.1) is 0 Å². The SMILES string of the molecule is CC1(C)C(Oc2ccc(C#N)c(F)c2)C(C)(C)C1N1Cc2cc(C#CC3CN(C4CN(c5ccc6c(c5)C(=O)N(C5CCC(=O)NC5=O)C6=O)C4)C3)ccc2C1=O. The second kappa shape index (κ2) is 13.0. The molecule has 12 nitrogen and oxygen atoms in total. The van der Waals surface area contributed by atoms with Crippen LogP contribution in [-0.2, 0) is 16.1 Å². The maximum atomic E-state index is 14.3. The van der Waals surface area contributed by atoms with Crippen molar-refractivity contribution < 1.29 is 33.1 Å². The predicted octanol–water partition coefficient (Wildman–Crippen LogP) is 4.11. The van der Waals surface area contributed by atoms with Gasteiger partial charge in [0, 0.05) is 90.9 Å². The van der Waals surface area contributed by atoms with Crippen molar-refractivity contribution in [3.8, 4) is 23.7 Å². The van der Waals surface area contributed by atoms with E-state index in [1.54, 1.807) is 18.2 Å². The highest BCUT2D eigenvalue weighted by Crippen LogP contribution is 2.59. The number of imide groups is 2. The standard InChI is InChI=1S/C44H41FN6O6/c1-43(2)41(44(3,4)42(43)57-30-10-8-26(18-46)34(45)17-30)50-21-27-15-24(7-11-31(27)38(50)54)5-6-25-19-48(20-25)29-22-49(23-29)28-9-12-32-33(16-28)40(56)51(39(32)55)35-13-14-36(52)47-37(35)53/h7-12,15-17,25,29,35,41-42H,13-14,19-23H2,1-4H3,(H,47,52,53). The van der Waals surface area contributed by atoms with E-state index in [1.165, 1.54) is 12.1 Å². The summed E-state index contributed by atoms with van der Waals surface area (Å²) >= 11 is 0. The maximum absolute atomic E-state index is 14.3. The second-order valence-corrected chi connectivity index (χ2v) is 17.3. The number of halogens is 1. The Morgan fingerprint density at radius 3 is 2.26 bits per heavy atom. The molecule has 290 valence electrons. The van der Waals surface area contributed by atoms with Crippen molar-refractivity contribution in [1.29, 1.82) is 5.26 Å². The van der Waals surface area contributed by atoms with E-state index in [0.29, 0.717) is 23.9 Å². The molecule has 1 atom stereocenters. The molecule has 1 aliphatic carbocycles. The van der Waals surface area contributed by atoms with Crippen molar-refractivity contribution >= 4 is 35.2 Å². The van der Waals surface area contributed by atoms with Crippen molar-refractivity contribution in [3.63, 3.8) is 0 Å². The van der Waals surface area contributed by atoms with E-state index in [9.17, 15) is 28.4 Å². The van der Waals surface area contributed by atoms with Crippen LogP contribution in [0.15, 0.2) is 54.6 Å². The average Bonchev–Trinajstić information content (AvgIpc) is 3.57. The summed E-state index contributed by atoms with van der Waals surface area (Å²) in [6.07, 6.45) is -0.0907. The normalized spacial score (nSPS) is 25.1. The van der Waals surface area contributed by atoms with Crippen molar-refractivity contribution in [1.82, 2.24) is 20.0 Å². The van der Waals surface area contributed by atoms with Crippen LogP contribution in [0, 0.1) is 45.7 Å². The number of hydrogen-bond donors (Lipinski definition) is 1. The first kappa shape index (κ1) is 36.6. The molecule has 3 aromatic rings. The van der Waals surface area contributed by atoms with Crippen molar-refractivity contribution in [2.24, 2.45) is 16.7 Å².